The van der Waals surface area contributed by atoms with E-state index in [1.165, 1.54) is 25.7 Å². The summed E-state index contributed by atoms with van der Waals surface area (Å²) < 4.78 is 0. The molecule has 0 aromatic rings. The zero-order valence-electron chi connectivity index (χ0n) is 13.9. The van der Waals surface area contributed by atoms with Crippen LogP contribution in [0.3, 0.4) is 0 Å². The third kappa shape index (κ3) is 6.71. The third-order valence-corrected chi connectivity index (χ3v) is 4.44. The zero-order valence-corrected chi connectivity index (χ0v) is 16.2. The lowest BCUT2D eigenvalue weighted by Gasteiger charge is -2.21. The number of carbonyl (C=O) groups excluding carboxylic acids is 1. The van der Waals surface area contributed by atoms with E-state index in [9.17, 15) is 4.79 Å². The molecule has 0 unspecified atom stereocenters. The Labute approximate surface area is 151 Å². The van der Waals surface area contributed by atoms with Crippen molar-refractivity contribution < 1.29 is 4.79 Å². The number of nitrogens with one attached hydrogen (secondary N) is 3. The molecule has 0 atom stereocenters. The highest BCUT2D eigenvalue weighted by Crippen LogP contribution is 2.37. The monoisotopic (exact) mass is 422 g/mol. The van der Waals surface area contributed by atoms with Gasteiger partial charge in [-0.2, -0.15) is 0 Å². The fourth-order valence-corrected chi connectivity index (χ4v) is 2.85. The topological polar surface area (TPSA) is 65.5 Å². The summed E-state index contributed by atoms with van der Waals surface area (Å²) in [7, 11) is 0. The zero-order chi connectivity index (χ0) is 15.1. The molecule has 2 rings (SSSR count). The van der Waals surface area contributed by atoms with Crippen LogP contribution in [0, 0.1) is 11.3 Å². The fourth-order valence-electron chi connectivity index (χ4n) is 2.85. The van der Waals surface area contributed by atoms with Gasteiger partial charge >= 0.3 is 0 Å². The van der Waals surface area contributed by atoms with E-state index in [0.717, 1.165) is 38.4 Å². The molecule has 3 N–H and O–H groups in total. The summed E-state index contributed by atoms with van der Waals surface area (Å²) in [6.07, 6.45) is 7.36. The number of rotatable bonds is 7. The Morgan fingerprint density at radius 1 is 1.14 bits per heavy atom. The second-order valence-corrected chi connectivity index (χ2v) is 6.71. The molecule has 128 valence electrons. The van der Waals surface area contributed by atoms with E-state index in [2.05, 4.69) is 29.8 Å². The van der Waals surface area contributed by atoms with E-state index in [-0.39, 0.29) is 35.8 Å². The number of halogens is 1. The highest BCUT2D eigenvalue weighted by Gasteiger charge is 2.29. The summed E-state index contributed by atoms with van der Waals surface area (Å²) in [5, 5.41) is 9.54. The number of hydrogen-bond acceptors (Lipinski definition) is 2. The molecule has 0 bridgehead atoms. The first-order valence-electron chi connectivity index (χ1n) is 8.43. The molecule has 0 spiro atoms. The quantitative estimate of drug-likeness (QED) is 0.255. The Hall–Kier alpha value is -0.530. The van der Waals surface area contributed by atoms with Gasteiger partial charge in [-0.15, -0.1) is 24.0 Å². The summed E-state index contributed by atoms with van der Waals surface area (Å²) in [6, 6.07) is 0. The average molecular weight is 422 g/mol. The molecule has 0 heterocycles. The fraction of sp³-hybridized carbons (Fsp3) is 0.875. The van der Waals surface area contributed by atoms with Crippen LogP contribution < -0.4 is 16.0 Å². The van der Waals surface area contributed by atoms with Crippen molar-refractivity contribution >= 4 is 35.8 Å². The van der Waals surface area contributed by atoms with Crippen molar-refractivity contribution in [3.05, 3.63) is 0 Å². The molecule has 0 aromatic heterocycles. The summed E-state index contributed by atoms with van der Waals surface area (Å²) in [5.74, 6) is 1.36. The second kappa shape index (κ2) is 9.57. The van der Waals surface area contributed by atoms with Crippen molar-refractivity contribution in [3.8, 4) is 0 Å². The lowest BCUT2D eigenvalue weighted by molar-refractivity contribution is -0.122. The number of hydrogen-bond donors (Lipinski definition) is 3. The van der Waals surface area contributed by atoms with Gasteiger partial charge in [0.05, 0.1) is 0 Å². The van der Waals surface area contributed by atoms with Gasteiger partial charge in [-0.1, -0.05) is 19.8 Å². The summed E-state index contributed by atoms with van der Waals surface area (Å²) in [6.45, 7) is 7.54. The summed E-state index contributed by atoms with van der Waals surface area (Å²) >= 11 is 0. The predicted octanol–water partition coefficient (Wildman–Crippen LogP) is 2.27. The van der Waals surface area contributed by atoms with Crippen LogP contribution in [0.4, 0.5) is 0 Å². The molecule has 6 heteroatoms. The first-order valence-corrected chi connectivity index (χ1v) is 8.43. The molecular weight excluding hydrogens is 391 g/mol. The predicted molar refractivity (Wildman–Crippen MR) is 102 cm³/mol. The largest absolute Gasteiger partial charge is 0.357 e. The molecule has 2 fully saturated rings. The van der Waals surface area contributed by atoms with Crippen LogP contribution in [0.25, 0.3) is 0 Å². The lowest BCUT2D eigenvalue weighted by atomic mass is 9.89. The van der Waals surface area contributed by atoms with Crippen molar-refractivity contribution in [2.75, 3.05) is 26.2 Å². The maximum absolute atomic E-state index is 11.5. The maximum Gasteiger partial charge on any atom is 0.223 e. The Morgan fingerprint density at radius 3 is 2.36 bits per heavy atom. The van der Waals surface area contributed by atoms with Crippen LogP contribution in [-0.4, -0.2) is 38.0 Å². The minimum atomic E-state index is 0. The van der Waals surface area contributed by atoms with E-state index in [1.807, 2.05) is 0 Å². The number of carbonyl (C=O) groups is 1. The van der Waals surface area contributed by atoms with Gasteiger partial charge in [0, 0.05) is 32.1 Å². The van der Waals surface area contributed by atoms with Gasteiger partial charge in [-0.25, -0.2) is 0 Å². The highest BCUT2D eigenvalue weighted by atomic mass is 127. The number of nitrogens with zero attached hydrogens (tertiary/aromatic N) is 1. The Balaban J connectivity index is 0.00000242. The number of amides is 1. The van der Waals surface area contributed by atoms with Gasteiger partial charge in [0.25, 0.3) is 0 Å². The molecule has 0 aromatic carbocycles. The van der Waals surface area contributed by atoms with Crippen molar-refractivity contribution in [2.45, 2.75) is 52.4 Å². The molecule has 0 aliphatic heterocycles. The van der Waals surface area contributed by atoms with Crippen molar-refractivity contribution in [1.29, 1.82) is 0 Å². The minimum absolute atomic E-state index is 0. The first kappa shape index (κ1) is 19.5. The molecule has 0 radical (unpaired) electrons. The summed E-state index contributed by atoms with van der Waals surface area (Å²) in [4.78, 5) is 16.2. The van der Waals surface area contributed by atoms with Gasteiger partial charge in [0.2, 0.25) is 5.91 Å². The van der Waals surface area contributed by atoms with Crippen LogP contribution in [-0.2, 0) is 4.79 Å². The molecule has 1 amide bonds. The van der Waals surface area contributed by atoms with E-state index >= 15 is 0 Å². The van der Waals surface area contributed by atoms with Gasteiger partial charge < -0.3 is 16.0 Å². The lowest BCUT2D eigenvalue weighted by Crippen LogP contribution is -2.42. The van der Waals surface area contributed by atoms with E-state index < -0.39 is 0 Å². The molecule has 5 nitrogen and oxygen atoms in total. The maximum atomic E-state index is 11.5. The Bertz CT molecular complexity index is 376. The van der Waals surface area contributed by atoms with E-state index in [0.29, 0.717) is 12.0 Å². The smallest absolute Gasteiger partial charge is 0.223 e. The van der Waals surface area contributed by atoms with Crippen molar-refractivity contribution in [3.63, 3.8) is 0 Å². The Morgan fingerprint density at radius 2 is 1.77 bits per heavy atom. The van der Waals surface area contributed by atoms with Crippen LogP contribution in [0.2, 0.25) is 0 Å². The molecule has 2 saturated carbocycles. The molecule has 2 aliphatic rings. The van der Waals surface area contributed by atoms with Crippen molar-refractivity contribution in [1.82, 2.24) is 16.0 Å². The van der Waals surface area contributed by atoms with Crippen LogP contribution in [0.5, 0.6) is 0 Å². The first-order chi connectivity index (χ1) is 10.1. The van der Waals surface area contributed by atoms with Crippen LogP contribution >= 0.6 is 24.0 Å². The summed E-state index contributed by atoms with van der Waals surface area (Å²) in [5.41, 5.74) is 0.378. The van der Waals surface area contributed by atoms with Gasteiger partial charge in [0.1, 0.15) is 0 Å². The standard InChI is InChI=1S/C16H30N4O.HI/c1-3-17-15(20-12-16(2)8-4-5-9-16)19-11-10-18-14(21)13-6-7-13;/h13H,3-12H2,1-2H3,(H,18,21)(H2,17,19,20);1H. The number of aliphatic imine (C=N–C) groups is 1. The normalized spacial score (nSPS) is 20.2. The number of guanidine groups is 1. The Kier molecular flexibility index (Phi) is 8.49. The van der Waals surface area contributed by atoms with Gasteiger partial charge in [-0.05, 0) is 38.0 Å². The molecular formula is C16H31IN4O. The van der Waals surface area contributed by atoms with Crippen molar-refractivity contribution in [2.24, 2.45) is 16.3 Å². The van der Waals surface area contributed by atoms with Crippen LogP contribution in [0.15, 0.2) is 4.99 Å². The minimum Gasteiger partial charge on any atom is -0.357 e. The molecule has 0 saturated heterocycles. The van der Waals surface area contributed by atoms with Crippen LogP contribution in [0.1, 0.15) is 52.4 Å². The molecule has 2 aliphatic carbocycles. The van der Waals surface area contributed by atoms with Gasteiger partial charge in [0.15, 0.2) is 5.96 Å². The third-order valence-electron chi connectivity index (χ3n) is 4.44. The van der Waals surface area contributed by atoms with E-state index in [1.54, 1.807) is 0 Å². The SMILES string of the molecule is CCNC(=NCC1(C)CCCC1)NCCNC(=O)C1CC1.I. The average Bonchev–Trinajstić information content (AvgIpc) is 3.23. The van der Waals surface area contributed by atoms with E-state index in [4.69, 9.17) is 4.99 Å². The second-order valence-electron chi connectivity index (χ2n) is 6.71. The van der Waals surface area contributed by atoms with Gasteiger partial charge in [-0.3, -0.25) is 9.79 Å². The highest BCUT2D eigenvalue weighted by molar-refractivity contribution is 14.0. The molecule has 22 heavy (non-hydrogen) atoms.